The highest BCUT2D eigenvalue weighted by Gasteiger charge is 2.09. The van der Waals surface area contributed by atoms with Crippen LogP contribution in [0.2, 0.25) is 0 Å². The zero-order chi connectivity index (χ0) is 17.1. The lowest BCUT2D eigenvalue weighted by Gasteiger charge is -2.08. The molecule has 6 heteroatoms. The van der Waals surface area contributed by atoms with Gasteiger partial charge in [0.05, 0.1) is 23.7 Å². The number of aryl methyl sites for hydroxylation is 1. The first-order chi connectivity index (χ1) is 11.6. The highest BCUT2D eigenvalue weighted by Crippen LogP contribution is 2.17. The molecule has 0 saturated carbocycles. The summed E-state index contributed by atoms with van der Waals surface area (Å²) in [5.41, 5.74) is 4.29. The quantitative estimate of drug-likeness (QED) is 0.805. The third kappa shape index (κ3) is 3.01. The topological polar surface area (TPSA) is 83.6 Å². The number of carbonyl (C=O) groups is 1. The molecule has 0 spiro atoms. The Morgan fingerprint density at radius 3 is 2.54 bits per heavy atom. The van der Waals surface area contributed by atoms with Gasteiger partial charge in [0.2, 0.25) is 0 Å². The van der Waals surface area contributed by atoms with Gasteiger partial charge in [-0.2, -0.15) is 5.26 Å². The van der Waals surface area contributed by atoms with Gasteiger partial charge in [-0.1, -0.05) is 0 Å². The Kier molecular flexibility index (Phi) is 4.08. The van der Waals surface area contributed by atoms with Crippen LogP contribution in [-0.2, 0) is 0 Å². The molecule has 0 bridgehead atoms. The minimum absolute atomic E-state index is 0.208. The van der Waals surface area contributed by atoms with E-state index in [1.54, 1.807) is 12.4 Å². The number of aromatic nitrogens is 3. The van der Waals surface area contributed by atoms with E-state index < -0.39 is 0 Å². The number of pyridine rings is 1. The number of imidazole rings is 1. The van der Waals surface area contributed by atoms with Gasteiger partial charge in [0, 0.05) is 23.3 Å². The molecule has 2 aromatic heterocycles. The van der Waals surface area contributed by atoms with E-state index in [1.807, 2.05) is 48.7 Å². The number of rotatable bonds is 3. The maximum atomic E-state index is 12.2. The normalized spacial score (nSPS) is 10.2. The smallest absolute Gasteiger partial charge is 0.274 e. The molecule has 3 rings (SSSR count). The fourth-order valence-electron chi connectivity index (χ4n) is 2.28. The molecule has 0 aliphatic carbocycles. The summed E-state index contributed by atoms with van der Waals surface area (Å²) in [6.45, 7) is 3.97. The maximum absolute atomic E-state index is 12.2. The third-order valence-corrected chi connectivity index (χ3v) is 3.78. The van der Waals surface area contributed by atoms with Gasteiger partial charge in [-0.05, 0) is 50.2 Å². The summed E-state index contributed by atoms with van der Waals surface area (Å²) >= 11 is 0. The van der Waals surface area contributed by atoms with E-state index in [2.05, 4.69) is 15.3 Å². The summed E-state index contributed by atoms with van der Waals surface area (Å²) in [5.74, 6) is -0.352. The summed E-state index contributed by atoms with van der Waals surface area (Å²) in [6, 6.07) is 12.4. The molecule has 0 atom stereocenters. The van der Waals surface area contributed by atoms with Crippen molar-refractivity contribution in [3.05, 3.63) is 71.6 Å². The minimum Gasteiger partial charge on any atom is -0.321 e. The van der Waals surface area contributed by atoms with Crippen molar-refractivity contribution in [2.75, 3.05) is 5.32 Å². The van der Waals surface area contributed by atoms with Gasteiger partial charge in [0.25, 0.3) is 5.91 Å². The molecule has 1 N–H and O–H groups in total. The molecule has 3 aromatic rings. The largest absolute Gasteiger partial charge is 0.321 e. The number of amides is 1. The van der Waals surface area contributed by atoms with E-state index in [4.69, 9.17) is 5.26 Å². The van der Waals surface area contributed by atoms with Crippen molar-refractivity contribution < 1.29 is 4.79 Å². The van der Waals surface area contributed by atoms with Crippen LogP contribution in [0.25, 0.3) is 5.69 Å². The van der Waals surface area contributed by atoms with Crippen molar-refractivity contribution in [3.63, 3.8) is 0 Å². The van der Waals surface area contributed by atoms with Crippen LogP contribution in [0.3, 0.4) is 0 Å². The summed E-state index contributed by atoms with van der Waals surface area (Å²) in [4.78, 5) is 20.5. The molecule has 0 unspecified atom stereocenters. The number of anilines is 1. The first-order valence-corrected chi connectivity index (χ1v) is 7.37. The van der Waals surface area contributed by atoms with Crippen LogP contribution in [0.5, 0.6) is 0 Å². The Balaban J connectivity index is 1.78. The first kappa shape index (κ1) is 15.4. The van der Waals surface area contributed by atoms with Crippen LogP contribution in [0, 0.1) is 25.2 Å². The Hall–Kier alpha value is -3.46. The molecule has 0 aliphatic rings. The van der Waals surface area contributed by atoms with Crippen molar-refractivity contribution >= 4 is 11.6 Å². The number of hydrogen-bond donors (Lipinski definition) is 1. The van der Waals surface area contributed by atoms with Crippen LogP contribution in [-0.4, -0.2) is 20.4 Å². The van der Waals surface area contributed by atoms with Gasteiger partial charge in [0.1, 0.15) is 5.69 Å². The molecule has 2 heterocycles. The standard InChI is InChI=1S/C18H15N5O/c1-12-13(2)23(11-21-12)16-5-3-15(4-6-16)22-18(24)17-9-14(10-19)7-8-20-17/h3-9,11H,1-2H3,(H,22,24). The number of hydrogen-bond acceptors (Lipinski definition) is 4. The predicted octanol–water partition coefficient (Wildman–Crippen LogP) is 3.01. The van der Waals surface area contributed by atoms with E-state index in [0.29, 0.717) is 11.3 Å². The second-order valence-electron chi connectivity index (χ2n) is 5.33. The maximum Gasteiger partial charge on any atom is 0.274 e. The van der Waals surface area contributed by atoms with Crippen LogP contribution in [0.15, 0.2) is 48.9 Å². The molecule has 0 radical (unpaired) electrons. The zero-order valence-electron chi connectivity index (χ0n) is 13.3. The number of nitrogens with one attached hydrogen (secondary N) is 1. The SMILES string of the molecule is Cc1ncn(-c2ccc(NC(=O)c3cc(C#N)ccn3)cc2)c1C. The molecule has 0 fully saturated rings. The van der Waals surface area contributed by atoms with Crippen molar-refractivity contribution in [2.24, 2.45) is 0 Å². The van der Waals surface area contributed by atoms with E-state index in [-0.39, 0.29) is 11.6 Å². The lowest BCUT2D eigenvalue weighted by Crippen LogP contribution is -2.13. The molecule has 1 amide bonds. The number of nitriles is 1. The van der Waals surface area contributed by atoms with Crippen LogP contribution < -0.4 is 5.32 Å². The summed E-state index contributed by atoms with van der Waals surface area (Å²) in [6.07, 6.45) is 3.22. The van der Waals surface area contributed by atoms with Crippen LogP contribution in [0.4, 0.5) is 5.69 Å². The van der Waals surface area contributed by atoms with Crippen LogP contribution in [0.1, 0.15) is 27.4 Å². The Morgan fingerprint density at radius 1 is 1.17 bits per heavy atom. The summed E-state index contributed by atoms with van der Waals surface area (Å²) in [5, 5.41) is 11.7. The number of nitrogens with zero attached hydrogens (tertiary/aromatic N) is 4. The molecule has 24 heavy (non-hydrogen) atoms. The van der Waals surface area contributed by atoms with Crippen molar-refractivity contribution in [1.29, 1.82) is 5.26 Å². The summed E-state index contributed by atoms with van der Waals surface area (Å²) in [7, 11) is 0. The van der Waals surface area contributed by atoms with Gasteiger partial charge in [-0.3, -0.25) is 9.78 Å². The monoisotopic (exact) mass is 317 g/mol. The van der Waals surface area contributed by atoms with Crippen molar-refractivity contribution in [2.45, 2.75) is 13.8 Å². The lowest BCUT2D eigenvalue weighted by molar-refractivity contribution is 0.102. The number of benzene rings is 1. The molecule has 0 saturated heterocycles. The van der Waals surface area contributed by atoms with Gasteiger partial charge < -0.3 is 9.88 Å². The van der Waals surface area contributed by atoms with Gasteiger partial charge >= 0.3 is 0 Å². The average molecular weight is 317 g/mol. The minimum atomic E-state index is -0.352. The lowest BCUT2D eigenvalue weighted by atomic mass is 10.2. The van der Waals surface area contributed by atoms with E-state index in [1.165, 1.54) is 12.3 Å². The van der Waals surface area contributed by atoms with E-state index in [0.717, 1.165) is 17.1 Å². The molecule has 1 aromatic carbocycles. The highest BCUT2D eigenvalue weighted by atomic mass is 16.1. The average Bonchev–Trinajstić information content (AvgIpc) is 2.95. The highest BCUT2D eigenvalue weighted by molar-refractivity contribution is 6.03. The Labute approximate surface area is 139 Å². The molecule has 0 aliphatic heterocycles. The van der Waals surface area contributed by atoms with Crippen molar-refractivity contribution in [3.8, 4) is 11.8 Å². The molecule has 118 valence electrons. The van der Waals surface area contributed by atoms with Gasteiger partial charge in [0.15, 0.2) is 0 Å². The predicted molar refractivity (Wildman–Crippen MR) is 89.9 cm³/mol. The first-order valence-electron chi connectivity index (χ1n) is 7.37. The Bertz CT molecular complexity index is 935. The number of carbonyl (C=O) groups excluding carboxylic acids is 1. The molecular weight excluding hydrogens is 302 g/mol. The zero-order valence-corrected chi connectivity index (χ0v) is 13.3. The van der Waals surface area contributed by atoms with Crippen LogP contribution >= 0.6 is 0 Å². The second-order valence-corrected chi connectivity index (χ2v) is 5.33. The van der Waals surface area contributed by atoms with E-state index in [9.17, 15) is 4.79 Å². The fraction of sp³-hybridized carbons (Fsp3) is 0.111. The van der Waals surface area contributed by atoms with Gasteiger partial charge in [-0.25, -0.2) is 4.98 Å². The molecular formula is C18H15N5O. The van der Waals surface area contributed by atoms with E-state index >= 15 is 0 Å². The summed E-state index contributed by atoms with van der Waals surface area (Å²) < 4.78 is 1.99. The fourth-order valence-corrected chi connectivity index (χ4v) is 2.28. The Morgan fingerprint density at radius 2 is 1.92 bits per heavy atom. The third-order valence-electron chi connectivity index (χ3n) is 3.78. The van der Waals surface area contributed by atoms with Crippen molar-refractivity contribution in [1.82, 2.24) is 14.5 Å². The molecule has 6 nitrogen and oxygen atoms in total. The second kappa shape index (κ2) is 6.34. The van der Waals surface area contributed by atoms with Gasteiger partial charge in [-0.15, -0.1) is 0 Å².